The molecule has 0 aliphatic carbocycles. The summed E-state index contributed by atoms with van der Waals surface area (Å²) in [5, 5.41) is 6.69. The second-order valence-corrected chi connectivity index (χ2v) is 6.90. The fourth-order valence-corrected chi connectivity index (χ4v) is 3.06. The molecule has 1 aliphatic heterocycles. The molecule has 0 amide bonds. The quantitative estimate of drug-likeness (QED) is 0.233. The summed E-state index contributed by atoms with van der Waals surface area (Å²) < 4.78 is 18.7. The Bertz CT molecular complexity index is 583. The van der Waals surface area contributed by atoms with E-state index in [9.17, 15) is 4.39 Å². The number of nitrogens with zero attached hydrogens (tertiary/aromatic N) is 3. The summed E-state index contributed by atoms with van der Waals surface area (Å²) in [4.78, 5) is 9.21. The van der Waals surface area contributed by atoms with Gasteiger partial charge >= 0.3 is 0 Å². The van der Waals surface area contributed by atoms with Gasteiger partial charge in [-0.15, -0.1) is 24.0 Å². The highest BCUT2D eigenvalue weighted by Crippen LogP contribution is 2.13. The summed E-state index contributed by atoms with van der Waals surface area (Å²) in [5.74, 6) is 0.652. The van der Waals surface area contributed by atoms with E-state index in [4.69, 9.17) is 9.73 Å². The molecule has 160 valence electrons. The van der Waals surface area contributed by atoms with E-state index in [0.717, 1.165) is 70.6 Å². The van der Waals surface area contributed by atoms with Gasteiger partial charge in [-0.3, -0.25) is 9.89 Å². The maximum absolute atomic E-state index is 13.3. The highest BCUT2D eigenvalue weighted by molar-refractivity contribution is 14.0. The van der Waals surface area contributed by atoms with Crippen molar-refractivity contribution in [1.29, 1.82) is 0 Å². The standard InChI is InChI=1S/C20H34FN5O.HI/c1-4-22-20(24-16-17(2)26-11-13-27-14-12-26)23-9-6-10-25(3)19-8-5-7-18(21)15-19;/h5,7-8,15,17H,4,6,9-14,16H2,1-3H3,(H2,22,23,24);1H. The summed E-state index contributed by atoms with van der Waals surface area (Å²) >= 11 is 0. The maximum atomic E-state index is 13.3. The second-order valence-electron chi connectivity index (χ2n) is 6.90. The number of morpholine rings is 1. The van der Waals surface area contributed by atoms with Crippen LogP contribution in [0.5, 0.6) is 0 Å². The molecule has 1 heterocycles. The van der Waals surface area contributed by atoms with Crippen molar-refractivity contribution in [2.45, 2.75) is 26.3 Å². The van der Waals surface area contributed by atoms with Crippen molar-refractivity contribution in [2.75, 3.05) is 64.4 Å². The minimum atomic E-state index is -0.201. The van der Waals surface area contributed by atoms with Crippen LogP contribution < -0.4 is 15.5 Å². The summed E-state index contributed by atoms with van der Waals surface area (Å²) in [7, 11) is 1.98. The van der Waals surface area contributed by atoms with Crippen LogP contribution in [0.15, 0.2) is 29.3 Å². The molecule has 1 unspecified atom stereocenters. The Morgan fingerprint density at radius 2 is 2.07 bits per heavy atom. The van der Waals surface area contributed by atoms with Crippen LogP contribution in [0.25, 0.3) is 0 Å². The van der Waals surface area contributed by atoms with Gasteiger partial charge in [-0.2, -0.15) is 0 Å². The number of anilines is 1. The molecular weight excluding hydrogens is 472 g/mol. The molecule has 6 nitrogen and oxygen atoms in total. The van der Waals surface area contributed by atoms with E-state index in [1.54, 1.807) is 12.1 Å². The van der Waals surface area contributed by atoms with Crippen LogP contribution in [0, 0.1) is 5.82 Å². The van der Waals surface area contributed by atoms with E-state index in [2.05, 4.69) is 34.3 Å². The molecule has 0 bridgehead atoms. The fraction of sp³-hybridized carbons (Fsp3) is 0.650. The number of halogens is 2. The van der Waals surface area contributed by atoms with Gasteiger partial charge in [-0.1, -0.05) is 6.07 Å². The Morgan fingerprint density at radius 1 is 1.32 bits per heavy atom. The number of hydrogen-bond donors (Lipinski definition) is 2. The number of ether oxygens (including phenoxy) is 1. The van der Waals surface area contributed by atoms with Crippen molar-refractivity contribution in [3.05, 3.63) is 30.1 Å². The summed E-state index contributed by atoms with van der Waals surface area (Å²) in [5.41, 5.74) is 0.898. The minimum absolute atomic E-state index is 0. The Labute approximate surface area is 185 Å². The smallest absolute Gasteiger partial charge is 0.191 e. The van der Waals surface area contributed by atoms with Gasteiger partial charge in [0.1, 0.15) is 5.82 Å². The van der Waals surface area contributed by atoms with E-state index in [1.807, 2.05) is 13.1 Å². The van der Waals surface area contributed by atoms with Gasteiger partial charge in [-0.25, -0.2) is 4.39 Å². The maximum Gasteiger partial charge on any atom is 0.191 e. The summed E-state index contributed by atoms with van der Waals surface area (Å²) in [6.07, 6.45) is 0.941. The third-order valence-corrected chi connectivity index (χ3v) is 4.74. The molecule has 0 spiro atoms. The first kappa shape index (κ1) is 24.9. The summed E-state index contributed by atoms with van der Waals surface area (Å²) in [6, 6.07) is 7.10. The van der Waals surface area contributed by atoms with Gasteiger partial charge in [0.25, 0.3) is 0 Å². The van der Waals surface area contributed by atoms with E-state index in [-0.39, 0.29) is 29.8 Å². The number of rotatable bonds is 9. The SMILES string of the molecule is CCNC(=NCC(C)N1CCOCC1)NCCCN(C)c1cccc(F)c1.I. The average Bonchev–Trinajstić information content (AvgIpc) is 2.69. The van der Waals surface area contributed by atoms with Crippen molar-refractivity contribution in [3.63, 3.8) is 0 Å². The van der Waals surface area contributed by atoms with Crippen LogP contribution in [0.1, 0.15) is 20.3 Å². The highest BCUT2D eigenvalue weighted by Gasteiger charge is 2.16. The molecule has 2 rings (SSSR count). The lowest BCUT2D eigenvalue weighted by Gasteiger charge is -2.31. The van der Waals surface area contributed by atoms with Crippen LogP contribution in [0.4, 0.5) is 10.1 Å². The van der Waals surface area contributed by atoms with Crippen molar-refractivity contribution in [3.8, 4) is 0 Å². The number of nitrogens with one attached hydrogen (secondary N) is 2. The van der Waals surface area contributed by atoms with Crippen LogP contribution in [0.2, 0.25) is 0 Å². The number of hydrogen-bond acceptors (Lipinski definition) is 4. The van der Waals surface area contributed by atoms with Crippen LogP contribution in [-0.4, -0.2) is 76.4 Å². The monoisotopic (exact) mass is 507 g/mol. The van der Waals surface area contributed by atoms with Gasteiger partial charge in [0.2, 0.25) is 0 Å². The molecular formula is C20H35FIN5O. The molecule has 1 aliphatic rings. The van der Waals surface area contributed by atoms with E-state index in [1.165, 1.54) is 6.07 Å². The molecule has 2 N–H and O–H groups in total. The zero-order chi connectivity index (χ0) is 19.5. The molecule has 1 atom stereocenters. The molecule has 1 fully saturated rings. The van der Waals surface area contributed by atoms with Gasteiger partial charge in [-0.05, 0) is 38.5 Å². The van der Waals surface area contributed by atoms with Gasteiger partial charge in [0.15, 0.2) is 5.96 Å². The summed E-state index contributed by atoms with van der Waals surface area (Å²) in [6.45, 7) is 11.1. The third-order valence-electron chi connectivity index (χ3n) is 4.74. The normalized spacial score (nSPS) is 16.2. The Hall–Kier alpha value is -1.13. The molecule has 28 heavy (non-hydrogen) atoms. The van der Waals surface area contributed by atoms with Crippen molar-refractivity contribution in [2.24, 2.45) is 4.99 Å². The van der Waals surface area contributed by atoms with Crippen molar-refractivity contribution >= 4 is 35.6 Å². The number of guanidine groups is 1. The topological polar surface area (TPSA) is 52.1 Å². The van der Waals surface area contributed by atoms with Crippen molar-refractivity contribution in [1.82, 2.24) is 15.5 Å². The molecule has 0 saturated carbocycles. The predicted octanol–water partition coefficient (Wildman–Crippen LogP) is 2.55. The van der Waals surface area contributed by atoms with Gasteiger partial charge < -0.3 is 20.3 Å². The van der Waals surface area contributed by atoms with Gasteiger partial charge in [0, 0.05) is 51.5 Å². The fourth-order valence-electron chi connectivity index (χ4n) is 3.06. The lowest BCUT2D eigenvalue weighted by molar-refractivity contribution is 0.0220. The Kier molecular flexibility index (Phi) is 12.4. The first-order valence-corrected chi connectivity index (χ1v) is 9.91. The highest BCUT2D eigenvalue weighted by atomic mass is 127. The van der Waals surface area contributed by atoms with Gasteiger partial charge in [0.05, 0.1) is 19.8 Å². The predicted molar refractivity (Wildman–Crippen MR) is 126 cm³/mol. The first-order valence-electron chi connectivity index (χ1n) is 9.91. The molecule has 1 saturated heterocycles. The molecule has 1 aromatic rings. The zero-order valence-electron chi connectivity index (χ0n) is 17.3. The molecule has 1 aromatic carbocycles. The first-order chi connectivity index (χ1) is 13.1. The molecule has 0 radical (unpaired) electrons. The average molecular weight is 507 g/mol. The zero-order valence-corrected chi connectivity index (χ0v) is 19.6. The largest absolute Gasteiger partial charge is 0.379 e. The number of benzene rings is 1. The molecule has 8 heteroatoms. The Morgan fingerprint density at radius 3 is 2.75 bits per heavy atom. The van der Waals surface area contributed by atoms with E-state index >= 15 is 0 Å². The Balaban J connectivity index is 0.00000392. The minimum Gasteiger partial charge on any atom is -0.379 e. The lowest BCUT2D eigenvalue weighted by Crippen LogP contribution is -2.44. The van der Waals surface area contributed by atoms with Crippen LogP contribution in [-0.2, 0) is 4.74 Å². The lowest BCUT2D eigenvalue weighted by atomic mass is 10.2. The third kappa shape index (κ3) is 8.91. The van der Waals surface area contributed by atoms with E-state index < -0.39 is 0 Å². The van der Waals surface area contributed by atoms with Crippen LogP contribution in [0.3, 0.4) is 0 Å². The van der Waals surface area contributed by atoms with Crippen molar-refractivity contribution < 1.29 is 9.13 Å². The molecule has 0 aromatic heterocycles. The van der Waals surface area contributed by atoms with Crippen LogP contribution >= 0.6 is 24.0 Å². The second kappa shape index (κ2) is 13.9. The number of aliphatic imine (C=N–C) groups is 1. The van der Waals surface area contributed by atoms with E-state index in [0.29, 0.717) is 6.04 Å².